The molecule has 0 bridgehead atoms. The van der Waals surface area contributed by atoms with E-state index in [1.54, 1.807) is 0 Å². The molecule has 0 aromatic carbocycles. The van der Waals surface area contributed by atoms with Gasteiger partial charge >= 0.3 is 0 Å². The molecule has 1 heterocycles. The highest BCUT2D eigenvalue weighted by Crippen LogP contribution is 2.10. The Hall–Kier alpha value is -0.200. The molecule has 0 spiro atoms. The molecule has 66 valence electrons. The standard InChI is InChI=1S/C6H12O5/c7-3-4(8)5(9)6-10-1-2-11-6/h4-9H,1-3H2. The van der Waals surface area contributed by atoms with Gasteiger partial charge in [-0.1, -0.05) is 0 Å². The molecule has 2 unspecified atom stereocenters. The highest BCUT2D eigenvalue weighted by molar-refractivity contribution is 4.71. The van der Waals surface area contributed by atoms with Crippen molar-refractivity contribution < 1.29 is 24.8 Å². The lowest BCUT2D eigenvalue weighted by Crippen LogP contribution is -2.39. The number of aliphatic hydroxyl groups is 3. The molecule has 1 fully saturated rings. The predicted molar refractivity (Wildman–Crippen MR) is 34.8 cm³/mol. The summed E-state index contributed by atoms with van der Waals surface area (Å²) in [6.07, 6.45) is -3.15. The summed E-state index contributed by atoms with van der Waals surface area (Å²) in [5.41, 5.74) is 0. The van der Waals surface area contributed by atoms with Crippen LogP contribution in [0.15, 0.2) is 0 Å². The molecule has 0 aromatic rings. The van der Waals surface area contributed by atoms with Gasteiger partial charge in [-0.05, 0) is 0 Å². The Balaban J connectivity index is 2.32. The first kappa shape index (κ1) is 8.89. The van der Waals surface area contributed by atoms with Gasteiger partial charge < -0.3 is 24.8 Å². The molecule has 3 N–H and O–H groups in total. The average Bonchev–Trinajstić information content (AvgIpc) is 2.53. The van der Waals surface area contributed by atoms with E-state index in [0.717, 1.165) is 0 Å². The van der Waals surface area contributed by atoms with Crippen LogP contribution in [-0.2, 0) is 9.47 Å². The molecule has 0 aliphatic carbocycles. The van der Waals surface area contributed by atoms with Crippen molar-refractivity contribution in [3.63, 3.8) is 0 Å². The zero-order valence-corrected chi connectivity index (χ0v) is 6.01. The predicted octanol–water partition coefficient (Wildman–Crippen LogP) is -1.93. The summed E-state index contributed by atoms with van der Waals surface area (Å²) in [5, 5.41) is 26.5. The summed E-state index contributed by atoms with van der Waals surface area (Å²) in [7, 11) is 0. The lowest BCUT2D eigenvalue weighted by molar-refractivity contribution is -0.161. The zero-order valence-electron chi connectivity index (χ0n) is 6.01. The van der Waals surface area contributed by atoms with E-state index in [9.17, 15) is 0 Å². The molecule has 0 radical (unpaired) electrons. The van der Waals surface area contributed by atoms with E-state index in [0.29, 0.717) is 13.2 Å². The smallest absolute Gasteiger partial charge is 0.186 e. The number of hydrogen-bond acceptors (Lipinski definition) is 5. The Labute approximate surface area is 64.2 Å². The molecule has 1 aliphatic rings. The van der Waals surface area contributed by atoms with Gasteiger partial charge in [0.15, 0.2) is 6.29 Å². The van der Waals surface area contributed by atoms with Crippen molar-refractivity contribution in [2.24, 2.45) is 0 Å². The van der Waals surface area contributed by atoms with Crippen molar-refractivity contribution in [1.82, 2.24) is 0 Å². The molecular weight excluding hydrogens is 152 g/mol. The normalized spacial score (nSPS) is 25.4. The summed E-state index contributed by atoms with van der Waals surface area (Å²) < 4.78 is 9.79. The molecule has 1 rings (SSSR count). The average molecular weight is 164 g/mol. The van der Waals surface area contributed by atoms with Crippen LogP contribution in [0.3, 0.4) is 0 Å². The van der Waals surface area contributed by atoms with Crippen LogP contribution in [0.1, 0.15) is 0 Å². The van der Waals surface area contributed by atoms with Crippen molar-refractivity contribution in [3.05, 3.63) is 0 Å². The number of rotatable bonds is 3. The molecule has 1 saturated heterocycles. The van der Waals surface area contributed by atoms with Gasteiger partial charge in [0.25, 0.3) is 0 Å². The van der Waals surface area contributed by atoms with Crippen molar-refractivity contribution >= 4 is 0 Å². The third kappa shape index (κ3) is 2.11. The summed E-state index contributed by atoms with van der Waals surface area (Å²) >= 11 is 0. The maximum atomic E-state index is 9.16. The van der Waals surface area contributed by atoms with E-state index >= 15 is 0 Å². The highest BCUT2D eigenvalue weighted by atomic mass is 16.7. The zero-order chi connectivity index (χ0) is 8.27. The molecule has 2 atom stereocenters. The van der Waals surface area contributed by atoms with E-state index in [4.69, 9.17) is 24.8 Å². The van der Waals surface area contributed by atoms with Gasteiger partial charge in [-0.3, -0.25) is 0 Å². The van der Waals surface area contributed by atoms with Gasteiger partial charge in [-0.2, -0.15) is 0 Å². The maximum absolute atomic E-state index is 9.16. The summed E-state index contributed by atoms with van der Waals surface area (Å²) in [5.74, 6) is 0. The first-order chi connectivity index (χ1) is 5.25. The van der Waals surface area contributed by atoms with Crippen LogP contribution in [-0.4, -0.2) is 53.6 Å². The molecule has 0 amide bonds. The fourth-order valence-corrected chi connectivity index (χ4v) is 0.863. The van der Waals surface area contributed by atoms with Crippen LogP contribution in [0.4, 0.5) is 0 Å². The summed E-state index contributed by atoms with van der Waals surface area (Å²) in [6.45, 7) is 0.337. The third-order valence-electron chi connectivity index (χ3n) is 1.51. The summed E-state index contributed by atoms with van der Waals surface area (Å²) in [4.78, 5) is 0. The Morgan fingerprint density at radius 1 is 1.27 bits per heavy atom. The topological polar surface area (TPSA) is 79.2 Å². The Morgan fingerprint density at radius 3 is 2.27 bits per heavy atom. The van der Waals surface area contributed by atoms with E-state index < -0.39 is 25.1 Å². The van der Waals surface area contributed by atoms with Crippen LogP contribution in [0.5, 0.6) is 0 Å². The fraction of sp³-hybridized carbons (Fsp3) is 1.00. The monoisotopic (exact) mass is 164 g/mol. The highest BCUT2D eigenvalue weighted by Gasteiger charge is 2.30. The Bertz CT molecular complexity index is 112. The van der Waals surface area contributed by atoms with Crippen molar-refractivity contribution in [3.8, 4) is 0 Å². The third-order valence-corrected chi connectivity index (χ3v) is 1.51. The molecule has 1 aliphatic heterocycles. The minimum absolute atomic E-state index is 0.417. The molecule has 0 aromatic heterocycles. The molecule has 11 heavy (non-hydrogen) atoms. The van der Waals surface area contributed by atoms with E-state index in [2.05, 4.69) is 0 Å². The van der Waals surface area contributed by atoms with Gasteiger partial charge in [0, 0.05) is 0 Å². The summed E-state index contributed by atoms with van der Waals surface area (Å²) in [6, 6.07) is 0. The quantitative estimate of drug-likeness (QED) is 0.453. The second kappa shape index (κ2) is 3.99. The van der Waals surface area contributed by atoms with Crippen LogP contribution in [0, 0.1) is 0 Å². The van der Waals surface area contributed by atoms with Crippen molar-refractivity contribution in [1.29, 1.82) is 0 Å². The Morgan fingerprint density at radius 2 is 1.82 bits per heavy atom. The van der Waals surface area contributed by atoms with Crippen molar-refractivity contribution in [2.45, 2.75) is 18.5 Å². The number of aliphatic hydroxyl groups excluding tert-OH is 3. The van der Waals surface area contributed by atoms with Gasteiger partial charge in [0.1, 0.15) is 12.2 Å². The van der Waals surface area contributed by atoms with E-state index in [-0.39, 0.29) is 0 Å². The second-order valence-corrected chi connectivity index (χ2v) is 2.35. The van der Waals surface area contributed by atoms with Crippen molar-refractivity contribution in [2.75, 3.05) is 19.8 Å². The first-order valence-electron chi connectivity index (χ1n) is 3.46. The molecular formula is C6H12O5. The lowest BCUT2D eigenvalue weighted by atomic mass is 10.2. The van der Waals surface area contributed by atoms with Crippen LogP contribution >= 0.6 is 0 Å². The van der Waals surface area contributed by atoms with Crippen LogP contribution < -0.4 is 0 Å². The first-order valence-corrected chi connectivity index (χ1v) is 3.46. The number of ether oxygens (including phenoxy) is 2. The minimum atomic E-state index is -1.20. The van der Waals surface area contributed by atoms with Gasteiger partial charge in [0.05, 0.1) is 19.8 Å². The Kier molecular flexibility index (Phi) is 3.22. The van der Waals surface area contributed by atoms with Gasteiger partial charge in [0.2, 0.25) is 0 Å². The minimum Gasteiger partial charge on any atom is -0.394 e. The van der Waals surface area contributed by atoms with Crippen LogP contribution in [0.25, 0.3) is 0 Å². The SMILES string of the molecule is OCC(O)C(O)C1OCCO1. The lowest BCUT2D eigenvalue weighted by Gasteiger charge is -2.20. The second-order valence-electron chi connectivity index (χ2n) is 2.35. The van der Waals surface area contributed by atoms with Gasteiger partial charge in [-0.15, -0.1) is 0 Å². The van der Waals surface area contributed by atoms with E-state index in [1.807, 2.05) is 0 Å². The van der Waals surface area contributed by atoms with E-state index in [1.165, 1.54) is 0 Å². The fourth-order valence-electron chi connectivity index (χ4n) is 0.863. The molecule has 5 heteroatoms. The van der Waals surface area contributed by atoms with Crippen LogP contribution in [0.2, 0.25) is 0 Å². The largest absolute Gasteiger partial charge is 0.394 e. The van der Waals surface area contributed by atoms with Gasteiger partial charge in [-0.25, -0.2) is 0 Å². The maximum Gasteiger partial charge on any atom is 0.186 e. The molecule has 5 nitrogen and oxygen atoms in total. The number of hydrogen-bond donors (Lipinski definition) is 3. The molecule has 0 saturated carbocycles.